The Morgan fingerprint density at radius 2 is 1.94 bits per heavy atom. The molecule has 1 unspecified atom stereocenters. The van der Waals surface area contributed by atoms with Gasteiger partial charge in [-0.15, -0.1) is 0 Å². The number of likely N-dealkylation sites (N-methyl/N-ethyl adjacent to an activating group) is 2. The van der Waals surface area contributed by atoms with Crippen LogP contribution in [-0.4, -0.2) is 36.7 Å². The summed E-state index contributed by atoms with van der Waals surface area (Å²) in [5.74, 6) is 0.391. The Kier molecular flexibility index (Phi) is 2.91. The van der Waals surface area contributed by atoms with E-state index >= 15 is 0 Å². The molecule has 3 nitrogen and oxygen atoms in total. The van der Waals surface area contributed by atoms with E-state index in [2.05, 4.69) is 24.3 Å². The van der Waals surface area contributed by atoms with Crippen LogP contribution >= 0.6 is 0 Å². The third-order valence-corrected chi connectivity index (χ3v) is 3.56. The van der Waals surface area contributed by atoms with E-state index in [4.69, 9.17) is 0 Å². The van der Waals surface area contributed by atoms with Gasteiger partial charge in [0.25, 0.3) is 0 Å². The first kappa shape index (κ1) is 11.4. The summed E-state index contributed by atoms with van der Waals surface area (Å²) < 4.78 is 0. The highest BCUT2D eigenvalue weighted by Crippen LogP contribution is 2.49. The molecule has 0 aromatic heterocycles. The number of nitrogens with zero attached hydrogens (tertiary/aromatic N) is 1. The first-order valence-electron chi connectivity index (χ1n) is 5.74. The van der Waals surface area contributed by atoms with Crippen molar-refractivity contribution in [2.45, 2.75) is 24.4 Å². The van der Waals surface area contributed by atoms with Gasteiger partial charge in [0.05, 0.1) is 6.04 Å². The minimum absolute atomic E-state index is 0.141. The molecule has 0 spiro atoms. The Morgan fingerprint density at radius 1 is 1.31 bits per heavy atom. The highest BCUT2D eigenvalue weighted by Gasteiger charge is 2.50. The molecule has 1 aliphatic carbocycles. The summed E-state index contributed by atoms with van der Waals surface area (Å²) in [5.41, 5.74) is 1.15. The van der Waals surface area contributed by atoms with Crippen molar-refractivity contribution in [3.05, 3.63) is 29.8 Å². The lowest BCUT2D eigenvalue weighted by molar-refractivity contribution is 0.218. The quantitative estimate of drug-likeness (QED) is 0.811. The third-order valence-electron chi connectivity index (χ3n) is 3.56. The van der Waals surface area contributed by atoms with E-state index in [1.54, 1.807) is 6.07 Å². The zero-order chi connectivity index (χ0) is 11.8. The van der Waals surface area contributed by atoms with E-state index in [0.717, 1.165) is 5.56 Å². The Hall–Kier alpha value is -1.06. The largest absolute Gasteiger partial charge is 0.508 e. The monoisotopic (exact) mass is 220 g/mol. The van der Waals surface area contributed by atoms with Crippen molar-refractivity contribution in [1.29, 1.82) is 0 Å². The molecule has 1 fully saturated rings. The molecule has 2 rings (SSSR count). The van der Waals surface area contributed by atoms with Gasteiger partial charge in [-0.1, -0.05) is 18.2 Å². The predicted molar refractivity (Wildman–Crippen MR) is 65.6 cm³/mol. The molecule has 2 N–H and O–H groups in total. The van der Waals surface area contributed by atoms with Crippen LogP contribution in [0.3, 0.4) is 0 Å². The van der Waals surface area contributed by atoms with Crippen LogP contribution in [0.4, 0.5) is 0 Å². The number of phenolic OH excluding ortho intramolecular Hbond substituents is 1. The Morgan fingerprint density at radius 3 is 2.38 bits per heavy atom. The van der Waals surface area contributed by atoms with Gasteiger partial charge in [0.15, 0.2) is 0 Å². The lowest BCUT2D eigenvalue weighted by Crippen LogP contribution is -2.41. The number of rotatable bonds is 4. The van der Waals surface area contributed by atoms with Gasteiger partial charge in [0.2, 0.25) is 0 Å². The van der Waals surface area contributed by atoms with Crippen molar-refractivity contribution < 1.29 is 5.11 Å². The Bertz CT molecular complexity index is 372. The van der Waals surface area contributed by atoms with Crippen LogP contribution in [0.15, 0.2) is 24.3 Å². The highest BCUT2D eigenvalue weighted by atomic mass is 16.3. The zero-order valence-corrected chi connectivity index (χ0v) is 10.2. The second kappa shape index (κ2) is 4.07. The topological polar surface area (TPSA) is 35.5 Å². The minimum atomic E-state index is 0.141. The van der Waals surface area contributed by atoms with Gasteiger partial charge in [-0.3, -0.25) is 0 Å². The van der Waals surface area contributed by atoms with Gasteiger partial charge in [0.1, 0.15) is 5.75 Å². The maximum Gasteiger partial charge on any atom is 0.120 e. The first-order chi connectivity index (χ1) is 7.60. The van der Waals surface area contributed by atoms with Crippen molar-refractivity contribution in [2.24, 2.45) is 0 Å². The number of hydrogen-bond donors (Lipinski definition) is 2. The molecule has 0 radical (unpaired) electrons. The molecule has 0 bridgehead atoms. The van der Waals surface area contributed by atoms with E-state index in [-0.39, 0.29) is 11.6 Å². The van der Waals surface area contributed by atoms with Crippen LogP contribution in [0, 0.1) is 0 Å². The predicted octanol–water partition coefficient (Wildman–Crippen LogP) is 1.75. The van der Waals surface area contributed by atoms with Crippen LogP contribution in [0.5, 0.6) is 5.75 Å². The molecule has 1 aliphatic rings. The first-order valence-corrected chi connectivity index (χ1v) is 5.74. The van der Waals surface area contributed by atoms with Gasteiger partial charge >= 0.3 is 0 Å². The number of para-hydroxylation sites is 1. The van der Waals surface area contributed by atoms with E-state index in [1.165, 1.54) is 12.8 Å². The van der Waals surface area contributed by atoms with Crippen LogP contribution < -0.4 is 5.32 Å². The molecule has 0 aliphatic heterocycles. The molecule has 0 heterocycles. The standard InChI is InChI=1S/C13H20N2O/c1-14-13(8-9-13)12(15(2)3)10-6-4-5-7-11(10)16/h4-7,12,14,16H,8-9H2,1-3H3. The molecule has 16 heavy (non-hydrogen) atoms. The van der Waals surface area contributed by atoms with Crippen LogP contribution in [0.1, 0.15) is 24.4 Å². The van der Waals surface area contributed by atoms with Gasteiger partial charge in [-0.25, -0.2) is 0 Å². The van der Waals surface area contributed by atoms with Gasteiger partial charge in [-0.05, 0) is 40.1 Å². The van der Waals surface area contributed by atoms with Crippen molar-refractivity contribution in [3.8, 4) is 5.75 Å². The van der Waals surface area contributed by atoms with Gasteiger partial charge in [0, 0.05) is 11.1 Å². The van der Waals surface area contributed by atoms with Crippen molar-refractivity contribution in [2.75, 3.05) is 21.1 Å². The molecule has 1 aromatic rings. The number of hydrogen-bond acceptors (Lipinski definition) is 3. The average Bonchev–Trinajstić information content (AvgIpc) is 3.02. The fourth-order valence-electron chi connectivity index (χ4n) is 2.58. The molecule has 1 saturated carbocycles. The molecule has 1 aromatic carbocycles. The summed E-state index contributed by atoms with van der Waals surface area (Å²) in [6, 6.07) is 7.86. The smallest absolute Gasteiger partial charge is 0.120 e. The summed E-state index contributed by atoms with van der Waals surface area (Å²) in [7, 11) is 6.13. The van der Waals surface area contributed by atoms with Gasteiger partial charge < -0.3 is 15.3 Å². The number of aromatic hydroxyl groups is 1. The molecule has 88 valence electrons. The van der Waals surface area contributed by atoms with Crippen molar-refractivity contribution >= 4 is 0 Å². The third kappa shape index (κ3) is 1.81. The van der Waals surface area contributed by atoms with Crippen LogP contribution in [0.2, 0.25) is 0 Å². The van der Waals surface area contributed by atoms with Crippen LogP contribution in [0.25, 0.3) is 0 Å². The summed E-state index contributed by atoms with van der Waals surface area (Å²) in [6.07, 6.45) is 2.33. The number of phenols is 1. The van der Waals surface area contributed by atoms with Crippen LogP contribution in [-0.2, 0) is 0 Å². The molecule has 1 atom stereocenters. The van der Waals surface area contributed by atoms with E-state index in [1.807, 2.05) is 25.2 Å². The maximum absolute atomic E-state index is 9.96. The summed E-state index contributed by atoms with van der Waals surface area (Å²) in [4.78, 5) is 2.18. The second-order valence-electron chi connectivity index (χ2n) is 4.83. The Labute approximate surface area is 97.1 Å². The lowest BCUT2D eigenvalue weighted by atomic mass is 9.95. The SMILES string of the molecule is CNC1(C(c2ccccc2O)N(C)C)CC1. The fourth-order valence-corrected chi connectivity index (χ4v) is 2.58. The van der Waals surface area contributed by atoms with Crippen molar-refractivity contribution in [1.82, 2.24) is 10.2 Å². The Balaban J connectivity index is 2.38. The summed E-state index contributed by atoms with van der Waals surface area (Å²) >= 11 is 0. The normalized spacial score (nSPS) is 19.8. The summed E-state index contributed by atoms with van der Waals surface area (Å²) in [5, 5.41) is 13.4. The molecule has 3 heteroatoms. The highest BCUT2D eigenvalue weighted by molar-refractivity contribution is 5.38. The fraction of sp³-hybridized carbons (Fsp3) is 0.538. The molecular formula is C13H20N2O. The number of nitrogens with one attached hydrogen (secondary N) is 1. The average molecular weight is 220 g/mol. The summed E-state index contributed by atoms with van der Waals surface area (Å²) in [6.45, 7) is 0. The van der Waals surface area contributed by atoms with E-state index in [9.17, 15) is 5.11 Å². The molecular weight excluding hydrogens is 200 g/mol. The van der Waals surface area contributed by atoms with E-state index in [0.29, 0.717) is 5.75 Å². The minimum Gasteiger partial charge on any atom is -0.508 e. The maximum atomic E-state index is 9.96. The molecule has 0 saturated heterocycles. The van der Waals surface area contributed by atoms with Crippen molar-refractivity contribution in [3.63, 3.8) is 0 Å². The lowest BCUT2D eigenvalue weighted by Gasteiger charge is -2.33. The van der Waals surface area contributed by atoms with Gasteiger partial charge in [-0.2, -0.15) is 0 Å². The number of benzene rings is 1. The van der Waals surface area contributed by atoms with E-state index < -0.39 is 0 Å². The molecule has 0 amide bonds. The zero-order valence-electron chi connectivity index (χ0n) is 10.2. The second-order valence-corrected chi connectivity index (χ2v) is 4.83.